The quantitative estimate of drug-likeness (QED) is 0.517. The number of hydrogen-bond donors (Lipinski definition) is 1. The number of aryl methyl sites for hydroxylation is 1. The van der Waals surface area contributed by atoms with Gasteiger partial charge in [0.15, 0.2) is 0 Å². The molecule has 5 heteroatoms. The highest BCUT2D eigenvalue weighted by molar-refractivity contribution is 7.19. The molecule has 0 fully saturated rings. The third-order valence-electron chi connectivity index (χ3n) is 5.28. The first kappa shape index (κ1) is 17.3. The Morgan fingerprint density at radius 1 is 1.04 bits per heavy atom. The van der Waals surface area contributed by atoms with Gasteiger partial charge in [-0.25, -0.2) is 9.97 Å². The molecule has 1 aliphatic heterocycles. The lowest BCUT2D eigenvalue weighted by atomic mass is 10.0. The molecule has 0 spiro atoms. The van der Waals surface area contributed by atoms with Gasteiger partial charge < -0.3 is 5.32 Å². The van der Waals surface area contributed by atoms with Crippen LogP contribution in [0.4, 0.5) is 11.5 Å². The van der Waals surface area contributed by atoms with Gasteiger partial charge in [-0.15, -0.1) is 11.3 Å². The summed E-state index contributed by atoms with van der Waals surface area (Å²) in [6, 6.07) is 19.1. The molecule has 0 radical (unpaired) electrons. The summed E-state index contributed by atoms with van der Waals surface area (Å²) < 4.78 is 0. The van der Waals surface area contributed by atoms with Crippen molar-refractivity contribution in [3.63, 3.8) is 0 Å². The number of aromatic nitrogens is 2. The number of nitrogens with zero attached hydrogens (tertiary/aromatic N) is 3. The van der Waals surface area contributed by atoms with Gasteiger partial charge in [0.2, 0.25) is 0 Å². The summed E-state index contributed by atoms with van der Waals surface area (Å²) in [6.45, 7) is 5.14. The fourth-order valence-corrected chi connectivity index (χ4v) is 5.06. The maximum absolute atomic E-state index is 4.56. The van der Waals surface area contributed by atoms with E-state index in [1.54, 1.807) is 6.33 Å². The van der Waals surface area contributed by atoms with Crippen LogP contribution in [0.5, 0.6) is 0 Å². The van der Waals surface area contributed by atoms with Crippen molar-refractivity contribution in [2.45, 2.75) is 26.4 Å². The fraction of sp³-hybridized carbons (Fsp3) is 0.217. The molecule has 1 aliphatic rings. The summed E-state index contributed by atoms with van der Waals surface area (Å²) in [6.07, 6.45) is 2.71. The van der Waals surface area contributed by atoms with Gasteiger partial charge >= 0.3 is 0 Å². The Kier molecular flexibility index (Phi) is 4.55. The molecule has 28 heavy (non-hydrogen) atoms. The minimum Gasteiger partial charge on any atom is -0.340 e. The van der Waals surface area contributed by atoms with Gasteiger partial charge in [0.1, 0.15) is 17.0 Å². The SMILES string of the molecule is Cc1ccc(Nc2ncnc3sc4c(c23)CCN(Cc2ccccc2)C4)cc1. The zero-order valence-corrected chi connectivity index (χ0v) is 16.7. The maximum Gasteiger partial charge on any atom is 0.142 e. The number of nitrogens with one attached hydrogen (secondary N) is 1. The van der Waals surface area contributed by atoms with Gasteiger partial charge in [-0.05, 0) is 36.6 Å². The van der Waals surface area contributed by atoms with Crippen LogP contribution < -0.4 is 5.32 Å². The summed E-state index contributed by atoms with van der Waals surface area (Å²) in [5.41, 5.74) is 5.10. The van der Waals surface area contributed by atoms with Crippen LogP contribution in [-0.4, -0.2) is 21.4 Å². The topological polar surface area (TPSA) is 41.1 Å². The smallest absolute Gasteiger partial charge is 0.142 e. The summed E-state index contributed by atoms with van der Waals surface area (Å²) >= 11 is 1.81. The summed E-state index contributed by atoms with van der Waals surface area (Å²) in [7, 11) is 0. The van der Waals surface area contributed by atoms with E-state index >= 15 is 0 Å². The van der Waals surface area contributed by atoms with E-state index in [1.165, 1.54) is 27.0 Å². The average molecular weight is 387 g/mol. The number of anilines is 2. The molecule has 3 heterocycles. The number of hydrogen-bond acceptors (Lipinski definition) is 5. The fourth-order valence-electron chi connectivity index (χ4n) is 3.83. The van der Waals surface area contributed by atoms with E-state index in [0.717, 1.165) is 42.4 Å². The highest BCUT2D eigenvalue weighted by Crippen LogP contribution is 2.38. The van der Waals surface area contributed by atoms with E-state index in [4.69, 9.17) is 0 Å². The Hall–Kier alpha value is -2.76. The van der Waals surface area contributed by atoms with Crippen LogP contribution in [-0.2, 0) is 19.5 Å². The minimum absolute atomic E-state index is 0.919. The third kappa shape index (κ3) is 3.39. The molecule has 0 atom stereocenters. The molecule has 4 aromatic rings. The maximum atomic E-state index is 4.56. The normalized spacial score (nSPS) is 14.2. The number of thiophene rings is 1. The van der Waals surface area contributed by atoms with E-state index in [1.807, 2.05) is 11.3 Å². The Morgan fingerprint density at radius 3 is 2.68 bits per heavy atom. The standard InChI is InChI=1S/C23H22N4S/c1-16-7-9-18(10-8-16)26-22-21-19-11-12-27(13-17-5-3-2-4-6-17)14-20(19)28-23(21)25-15-24-22/h2-10,15H,11-14H2,1H3,(H,24,25,26). The second kappa shape index (κ2) is 7.34. The Labute approximate surface area is 168 Å². The van der Waals surface area contributed by atoms with Crippen LogP contribution in [0.3, 0.4) is 0 Å². The van der Waals surface area contributed by atoms with E-state index < -0.39 is 0 Å². The molecule has 0 saturated carbocycles. The first-order valence-corrected chi connectivity index (χ1v) is 10.4. The van der Waals surface area contributed by atoms with Crippen molar-refractivity contribution < 1.29 is 0 Å². The van der Waals surface area contributed by atoms with E-state index in [0.29, 0.717) is 0 Å². The van der Waals surface area contributed by atoms with Crippen LogP contribution in [0.25, 0.3) is 10.2 Å². The average Bonchev–Trinajstić information content (AvgIpc) is 3.09. The van der Waals surface area contributed by atoms with Crippen LogP contribution >= 0.6 is 11.3 Å². The zero-order chi connectivity index (χ0) is 18.9. The van der Waals surface area contributed by atoms with Gasteiger partial charge in [0.25, 0.3) is 0 Å². The minimum atomic E-state index is 0.919. The molecule has 0 bridgehead atoms. The second-order valence-corrected chi connectivity index (χ2v) is 8.43. The monoisotopic (exact) mass is 386 g/mol. The molecular formula is C23H22N4S. The summed E-state index contributed by atoms with van der Waals surface area (Å²) in [5.74, 6) is 0.919. The van der Waals surface area contributed by atoms with Crippen molar-refractivity contribution >= 4 is 33.1 Å². The van der Waals surface area contributed by atoms with Crippen molar-refractivity contribution in [2.75, 3.05) is 11.9 Å². The van der Waals surface area contributed by atoms with Crippen molar-refractivity contribution in [2.24, 2.45) is 0 Å². The summed E-state index contributed by atoms with van der Waals surface area (Å²) in [5, 5.41) is 4.70. The summed E-state index contributed by atoms with van der Waals surface area (Å²) in [4.78, 5) is 14.1. The van der Waals surface area contributed by atoms with Gasteiger partial charge in [0, 0.05) is 30.2 Å². The molecule has 0 amide bonds. The molecule has 0 aliphatic carbocycles. The van der Waals surface area contributed by atoms with Gasteiger partial charge in [-0.2, -0.15) is 0 Å². The van der Waals surface area contributed by atoms with Gasteiger partial charge in [-0.1, -0.05) is 48.0 Å². The van der Waals surface area contributed by atoms with Crippen LogP contribution in [0.1, 0.15) is 21.6 Å². The van der Waals surface area contributed by atoms with Crippen molar-refractivity contribution in [3.8, 4) is 0 Å². The van der Waals surface area contributed by atoms with Crippen molar-refractivity contribution in [1.82, 2.24) is 14.9 Å². The third-order valence-corrected chi connectivity index (χ3v) is 6.40. The Morgan fingerprint density at radius 2 is 1.86 bits per heavy atom. The molecular weight excluding hydrogens is 364 g/mol. The van der Waals surface area contributed by atoms with E-state index in [-0.39, 0.29) is 0 Å². The first-order chi connectivity index (χ1) is 13.8. The van der Waals surface area contributed by atoms with Crippen LogP contribution in [0.15, 0.2) is 60.9 Å². The van der Waals surface area contributed by atoms with Crippen LogP contribution in [0, 0.1) is 6.92 Å². The molecule has 4 nitrogen and oxygen atoms in total. The lowest BCUT2D eigenvalue weighted by Gasteiger charge is -2.27. The second-order valence-electron chi connectivity index (χ2n) is 7.34. The van der Waals surface area contributed by atoms with Crippen molar-refractivity contribution in [1.29, 1.82) is 0 Å². The van der Waals surface area contributed by atoms with Crippen molar-refractivity contribution in [3.05, 3.63) is 82.5 Å². The molecule has 140 valence electrons. The molecule has 0 unspecified atom stereocenters. The molecule has 0 saturated heterocycles. The molecule has 2 aromatic carbocycles. The highest BCUT2D eigenvalue weighted by atomic mass is 32.1. The lowest BCUT2D eigenvalue weighted by Crippen LogP contribution is -2.29. The number of benzene rings is 2. The molecule has 2 aromatic heterocycles. The van der Waals surface area contributed by atoms with Crippen LogP contribution in [0.2, 0.25) is 0 Å². The zero-order valence-electron chi connectivity index (χ0n) is 15.9. The predicted molar refractivity (Wildman–Crippen MR) is 116 cm³/mol. The van der Waals surface area contributed by atoms with Gasteiger partial charge in [0.05, 0.1) is 5.39 Å². The largest absolute Gasteiger partial charge is 0.340 e. The predicted octanol–water partition coefficient (Wildman–Crippen LogP) is 5.30. The van der Waals surface area contributed by atoms with E-state index in [2.05, 4.69) is 81.7 Å². The first-order valence-electron chi connectivity index (χ1n) is 9.61. The lowest BCUT2D eigenvalue weighted by molar-refractivity contribution is 0.249. The number of fused-ring (bicyclic) bond motifs is 3. The molecule has 1 N–H and O–H groups in total. The molecule has 5 rings (SSSR count). The van der Waals surface area contributed by atoms with Gasteiger partial charge in [-0.3, -0.25) is 4.90 Å². The van der Waals surface area contributed by atoms with E-state index in [9.17, 15) is 0 Å². The number of rotatable bonds is 4. The Bertz CT molecular complexity index is 1100. The highest BCUT2D eigenvalue weighted by Gasteiger charge is 2.23. The Balaban J connectivity index is 1.44.